The van der Waals surface area contributed by atoms with Gasteiger partial charge >= 0.3 is 135 Å². The molecule has 0 heterocycles. The van der Waals surface area contributed by atoms with Gasteiger partial charge in [0.15, 0.2) is 0 Å². The second kappa shape index (κ2) is 14.9. The predicted molar refractivity (Wildman–Crippen MR) is 115 cm³/mol. The van der Waals surface area contributed by atoms with Crippen LogP contribution >= 0.6 is 5.99 Å². The average molecular weight is 518 g/mol. The van der Waals surface area contributed by atoms with E-state index in [1.807, 2.05) is 6.07 Å². The molecule has 29 heavy (non-hydrogen) atoms. The van der Waals surface area contributed by atoms with Crippen LogP contribution in [0.5, 0.6) is 0 Å². The molecule has 0 aromatic heterocycles. The molecule has 2 aliphatic rings. The maximum atomic E-state index is 13.4. The minimum atomic E-state index is -1.54. The van der Waals surface area contributed by atoms with Crippen molar-refractivity contribution in [2.24, 2.45) is 0 Å². The van der Waals surface area contributed by atoms with E-state index in [-0.39, 0.29) is 0 Å². The van der Waals surface area contributed by atoms with Crippen molar-refractivity contribution >= 4 is 23.2 Å². The van der Waals surface area contributed by atoms with Gasteiger partial charge in [-0.15, -0.1) is 0 Å². The van der Waals surface area contributed by atoms with Crippen LogP contribution in [0.25, 0.3) is 0 Å². The molecule has 3 rings (SSSR count). The molecule has 1 aromatic carbocycles. The fourth-order valence-electron chi connectivity index (χ4n) is 3.56. The molecule has 0 aliphatic heterocycles. The molecule has 5 nitrogen and oxygen atoms in total. The average Bonchev–Trinajstić information content (AvgIpc) is 2.70. The van der Waals surface area contributed by atoms with Crippen molar-refractivity contribution in [3.05, 3.63) is 30.3 Å². The number of hydrogen-bond acceptors (Lipinski definition) is 3. The zero-order valence-electron chi connectivity index (χ0n) is 17.5. The van der Waals surface area contributed by atoms with Crippen molar-refractivity contribution in [3.63, 3.8) is 0 Å². The van der Waals surface area contributed by atoms with E-state index in [1.54, 1.807) is 0 Å². The summed E-state index contributed by atoms with van der Waals surface area (Å²) in [4.78, 5) is 18.0. The summed E-state index contributed by atoms with van der Waals surface area (Å²) in [7, 11) is 0. The van der Waals surface area contributed by atoms with Crippen molar-refractivity contribution in [1.82, 2.24) is 0 Å². The molecule has 1 aromatic rings. The molecular formula is C22H36O5PPd. The third kappa shape index (κ3) is 11.1. The van der Waals surface area contributed by atoms with Gasteiger partial charge in [0.05, 0.1) is 0 Å². The van der Waals surface area contributed by atoms with E-state index in [9.17, 15) is 4.57 Å². The Kier molecular flexibility index (Phi) is 13.4. The van der Waals surface area contributed by atoms with E-state index in [4.69, 9.17) is 19.8 Å². The standard InChI is InChI=1S/C6H5OP.2C6H11.2C2H4O2.Pd/c7-8-6-4-2-1-3-5-6;2*1-2-4-6-5-3-1;2*1-2(3)4;/h1-5H;2*1H,2-6H2;2*1H3,(H,3,4);/q;;;;;-1/p+1. The number of carboxylic acids is 2. The van der Waals surface area contributed by atoms with Gasteiger partial charge in [-0.1, -0.05) is 0 Å². The number of carboxylic acid groups (broad SMARTS) is 2. The fourth-order valence-corrected chi connectivity index (χ4v) is 16.9. The van der Waals surface area contributed by atoms with Crippen molar-refractivity contribution < 1.29 is 40.6 Å². The molecule has 0 amide bonds. The van der Waals surface area contributed by atoms with Crippen molar-refractivity contribution in [2.75, 3.05) is 0 Å². The van der Waals surface area contributed by atoms with Crippen LogP contribution in [0.4, 0.5) is 0 Å². The Labute approximate surface area is 180 Å². The summed E-state index contributed by atoms with van der Waals surface area (Å²) in [6, 6.07) is 10.4. The molecule has 1 unspecified atom stereocenters. The zero-order valence-corrected chi connectivity index (χ0v) is 20.1. The van der Waals surface area contributed by atoms with Gasteiger partial charge in [-0.2, -0.15) is 0 Å². The van der Waals surface area contributed by atoms with E-state index in [1.165, 1.54) is 69.5 Å². The zero-order chi connectivity index (χ0) is 21.6. The summed E-state index contributed by atoms with van der Waals surface area (Å²) in [5.74, 6) is -3.20. The van der Waals surface area contributed by atoms with Gasteiger partial charge in [0, 0.05) is 13.8 Å². The quantitative estimate of drug-likeness (QED) is 0.372. The van der Waals surface area contributed by atoms with Crippen LogP contribution in [0.1, 0.15) is 78.1 Å². The number of carbonyl (C=O) groups is 2. The Balaban J connectivity index is 0.000000452. The van der Waals surface area contributed by atoms with E-state index in [0.29, 0.717) is 0 Å². The molecule has 169 valence electrons. The Morgan fingerprint density at radius 3 is 1.48 bits per heavy atom. The first-order chi connectivity index (χ1) is 13.8. The van der Waals surface area contributed by atoms with Gasteiger partial charge < -0.3 is 10.2 Å². The molecule has 2 saturated carbocycles. The summed E-state index contributed by atoms with van der Waals surface area (Å²) in [6.07, 6.45) is 13.9. The first-order valence-electron chi connectivity index (χ1n) is 10.4. The van der Waals surface area contributed by atoms with Crippen LogP contribution < -0.4 is 5.30 Å². The second-order valence-corrected chi connectivity index (χ2v) is 16.6. The molecular weight excluding hydrogens is 482 g/mol. The van der Waals surface area contributed by atoms with E-state index in [2.05, 4.69) is 24.3 Å². The molecule has 2 fully saturated rings. The SMILES string of the molecule is CC(=O)O.CC(=O)O.O=[PH](c1ccccc1)[Pd]([CH]1CCCCC1)[CH]1CCCCC1. The molecule has 0 spiro atoms. The molecule has 1 atom stereocenters. The first-order valence-corrected chi connectivity index (χ1v) is 15.7. The fraction of sp³-hybridized carbons (Fsp3) is 0.636. The number of benzene rings is 1. The van der Waals surface area contributed by atoms with Gasteiger partial charge in [0.1, 0.15) is 0 Å². The minimum absolute atomic E-state index is 0.833. The van der Waals surface area contributed by atoms with E-state index < -0.39 is 34.2 Å². The topological polar surface area (TPSA) is 91.7 Å². The van der Waals surface area contributed by atoms with Crippen LogP contribution in [-0.4, -0.2) is 22.2 Å². The van der Waals surface area contributed by atoms with Crippen LogP contribution in [0.2, 0.25) is 8.78 Å². The monoisotopic (exact) mass is 517 g/mol. The third-order valence-corrected chi connectivity index (χ3v) is 17.2. The summed E-state index contributed by atoms with van der Waals surface area (Å²) >= 11 is -0.906. The van der Waals surface area contributed by atoms with E-state index in [0.717, 1.165) is 22.6 Å². The van der Waals surface area contributed by atoms with E-state index >= 15 is 0 Å². The molecule has 0 radical (unpaired) electrons. The summed E-state index contributed by atoms with van der Waals surface area (Å²) in [6.45, 7) is 2.17. The molecule has 2 aliphatic carbocycles. The second-order valence-electron chi connectivity index (χ2n) is 7.31. The molecule has 7 heteroatoms. The number of rotatable bonds is 4. The van der Waals surface area contributed by atoms with Crippen LogP contribution in [0, 0.1) is 0 Å². The predicted octanol–water partition coefficient (Wildman–Crippen LogP) is 6.09. The van der Waals surface area contributed by atoms with Gasteiger partial charge in [0.2, 0.25) is 0 Å². The Morgan fingerprint density at radius 1 is 0.793 bits per heavy atom. The number of aliphatic carboxylic acids is 2. The van der Waals surface area contributed by atoms with Gasteiger partial charge in [-0.25, -0.2) is 0 Å². The molecule has 2 N–H and O–H groups in total. The van der Waals surface area contributed by atoms with Crippen LogP contribution in [0.3, 0.4) is 0 Å². The summed E-state index contributed by atoms with van der Waals surface area (Å²) in [5.41, 5.74) is 0. The van der Waals surface area contributed by atoms with Crippen molar-refractivity contribution in [1.29, 1.82) is 0 Å². The Morgan fingerprint density at radius 2 is 1.14 bits per heavy atom. The number of hydrogen-bond donors (Lipinski definition) is 2. The Bertz CT molecular complexity index is 587. The first kappa shape index (κ1) is 26.1. The third-order valence-electron chi connectivity index (χ3n) is 4.70. The summed E-state index contributed by atoms with van der Waals surface area (Å²) < 4.78 is 15.1. The summed E-state index contributed by atoms with van der Waals surface area (Å²) in [5, 5.41) is 16.0. The normalized spacial score (nSPS) is 18.9. The molecule has 0 saturated heterocycles. The van der Waals surface area contributed by atoms with Crippen LogP contribution in [0.15, 0.2) is 30.3 Å². The van der Waals surface area contributed by atoms with Gasteiger partial charge in [-0.3, -0.25) is 9.59 Å². The van der Waals surface area contributed by atoms with Gasteiger partial charge in [0.25, 0.3) is 11.9 Å². The maximum absolute atomic E-state index is 13.4. The molecule has 0 bridgehead atoms. The Hall–Kier alpha value is -0.948. The van der Waals surface area contributed by atoms with Crippen molar-refractivity contribution in [2.45, 2.75) is 86.8 Å². The van der Waals surface area contributed by atoms with Crippen molar-refractivity contribution in [3.8, 4) is 0 Å². The van der Waals surface area contributed by atoms with Gasteiger partial charge in [-0.05, 0) is 0 Å². The van der Waals surface area contributed by atoms with Crippen LogP contribution in [-0.2, 0) is 30.4 Å².